The third-order valence-corrected chi connectivity index (χ3v) is 3.26. The third-order valence-electron chi connectivity index (χ3n) is 3.26. The predicted octanol–water partition coefficient (Wildman–Crippen LogP) is 2.50. The number of carbonyl (C=O) groups excluding carboxylic acids is 1. The maximum atomic E-state index is 12.0. The second-order valence-corrected chi connectivity index (χ2v) is 4.75. The highest BCUT2D eigenvalue weighted by Crippen LogP contribution is 2.12. The van der Waals surface area contributed by atoms with Crippen molar-refractivity contribution in [1.29, 1.82) is 0 Å². The lowest BCUT2D eigenvalue weighted by atomic mass is 10.2. The van der Waals surface area contributed by atoms with Gasteiger partial charge in [-0.2, -0.15) is 0 Å². The first-order valence-electron chi connectivity index (χ1n) is 6.86. The van der Waals surface area contributed by atoms with E-state index in [1.807, 2.05) is 48.5 Å². The number of para-hydroxylation sites is 2. The van der Waals surface area contributed by atoms with E-state index < -0.39 is 0 Å². The molecule has 6 nitrogen and oxygen atoms in total. The van der Waals surface area contributed by atoms with Crippen LogP contribution in [0.1, 0.15) is 5.56 Å². The summed E-state index contributed by atoms with van der Waals surface area (Å²) in [7, 11) is 1.61. The van der Waals surface area contributed by atoms with E-state index in [0.717, 1.165) is 22.3 Å². The molecule has 3 aromatic rings. The van der Waals surface area contributed by atoms with E-state index in [1.54, 1.807) is 18.1 Å². The number of urea groups is 1. The molecule has 0 aliphatic heterocycles. The summed E-state index contributed by atoms with van der Waals surface area (Å²) in [6.45, 7) is 0.412. The lowest BCUT2D eigenvalue weighted by Crippen LogP contribution is -2.33. The van der Waals surface area contributed by atoms with Crippen LogP contribution in [-0.2, 0) is 6.54 Å². The molecule has 0 saturated carbocycles. The number of hydrogen-bond acceptors (Lipinski definition) is 3. The van der Waals surface area contributed by atoms with Crippen LogP contribution in [0.3, 0.4) is 0 Å². The van der Waals surface area contributed by atoms with Crippen LogP contribution >= 0.6 is 0 Å². The average molecular weight is 296 g/mol. The van der Waals surface area contributed by atoms with E-state index in [4.69, 9.17) is 4.74 Å². The first-order valence-corrected chi connectivity index (χ1v) is 6.86. The van der Waals surface area contributed by atoms with Gasteiger partial charge in [-0.1, -0.05) is 24.3 Å². The summed E-state index contributed by atoms with van der Waals surface area (Å²) in [5.74, 6) is 0.764. The smallest absolute Gasteiger partial charge is 0.334 e. The number of ether oxygens (including phenoxy) is 1. The molecule has 6 heteroatoms. The number of carbonyl (C=O) groups is 1. The van der Waals surface area contributed by atoms with Gasteiger partial charge < -0.3 is 10.1 Å². The Labute approximate surface area is 127 Å². The van der Waals surface area contributed by atoms with Gasteiger partial charge >= 0.3 is 6.03 Å². The summed E-state index contributed by atoms with van der Waals surface area (Å²) in [4.78, 5) is 16.2. The van der Waals surface area contributed by atoms with Crippen molar-refractivity contribution in [3.8, 4) is 5.75 Å². The molecule has 2 N–H and O–H groups in total. The van der Waals surface area contributed by atoms with Crippen molar-refractivity contribution in [3.05, 3.63) is 60.4 Å². The van der Waals surface area contributed by atoms with Crippen LogP contribution in [0.4, 0.5) is 4.79 Å². The zero-order valence-electron chi connectivity index (χ0n) is 12.1. The van der Waals surface area contributed by atoms with Crippen LogP contribution in [-0.4, -0.2) is 22.8 Å². The molecule has 0 fully saturated rings. The molecule has 0 spiro atoms. The normalized spacial score (nSPS) is 10.4. The summed E-state index contributed by atoms with van der Waals surface area (Å²) < 4.78 is 6.75. The molecular weight excluding hydrogens is 280 g/mol. The summed E-state index contributed by atoms with van der Waals surface area (Å²) >= 11 is 0. The van der Waals surface area contributed by atoms with Gasteiger partial charge in [0.05, 0.1) is 18.1 Å². The highest BCUT2D eigenvalue weighted by Gasteiger charge is 2.05. The molecule has 0 radical (unpaired) electrons. The SMILES string of the molecule is COc1cccc(CNC(=O)Nn2cnc3ccccc32)c1. The molecule has 3 rings (SSSR count). The lowest BCUT2D eigenvalue weighted by molar-refractivity contribution is 0.249. The molecule has 0 unspecified atom stereocenters. The highest BCUT2D eigenvalue weighted by atomic mass is 16.5. The van der Waals surface area contributed by atoms with Crippen molar-refractivity contribution in [2.24, 2.45) is 0 Å². The van der Waals surface area contributed by atoms with Gasteiger partial charge in [0.25, 0.3) is 0 Å². The van der Waals surface area contributed by atoms with Crippen LogP contribution in [0.5, 0.6) is 5.75 Å². The third kappa shape index (κ3) is 3.01. The molecule has 1 heterocycles. The monoisotopic (exact) mass is 296 g/mol. The van der Waals surface area contributed by atoms with E-state index in [2.05, 4.69) is 15.7 Å². The van der Waals surface area contributed by atoms with E-state index in [1.165, 1.54) is 0 Å². The molecule has 22 heavy (non-hydrogen) atoms. The fourth-order valence-electron chi connectivity index (χ4n) is 2.16. The minimum absolute atomic E-state index is 0.300. The number of amides is 2. The highest BCUT2D eigenvalue weighted by molar-refractivity contribution is 5.85. The number of rotatable bonds is 4. The van der Waals surface area contributed by atoms with Gasteiger partial charge in [0, 0.05) is 6.54 Å². The second-order valence-electron chi connectivity index (χ2n) is 4.75. The molecule has 0 atom stereocenters. The van der Waals surface area contributed by atoms with Crippen molar-refractivity contribution in [1.82, 2.24) is 15.0 Å². The van der Waals surface area contributed by atoms with Crippen LogP contribution in [0.2, 0.25) is 0 Å². The first kappa shape index (κ1) is 13.9. The Kier molecular flexibility index (Phi) is 3.91. The Bertz CT molecular complexity index is 797. The van der Waals surface area contributed by atoms with Crippen LogP contribution in [0.15, 0.2) is 54.9 Å². The molecule has 0 aliphatic carbocycles. The maximum Gasteiger partial charge on any atom is 0.334 e. The van der Waals surface area contributed by atoms with Crippen LogP contribution < -0.4 is 15.5 Å². The fraction of sp³-hybridized carbons (Fsp3) is 0.125. The number of aromatic nitrogens is 2. The Hall–Kier alpha value is -3.02. The summed E-state index contributed by atoms with van der Waals surface area (Å²) in [5.41, 5.74) is 5.38. The molecule has 0 bridgehead atoms. The molecule has 2 amide bonds. The van der Waals surface area contributed by atoms with Crippen LogP contribution in [0, 0.1) is 0 Å². The van der Waals surface area contributed by atoms with Crippen molar-refractivity contribution < 1.29 is 9.53 Å². The Morgan fingerprint density at radius 3 is 2.95 bits per heavy atom. The Morgan fingerprint density at radius 1 is 1.23 bits per heavy atom. The maximum absolute atomic E-state index is 12.0. The number of methoxy groups -OCH3 is 1. The van der Waals surface area contributed by atoms with Gasteiger partial charge in [-0.3, -0.25) is 0 Å². The van der Waals surface area contributed by atoms with E-state index >= 15 is 0 Å². The number of benzene rings is 2. The number of nitrogens with zero attached hydrogens (tertiary/aromatic N) is 2. The Morgan fingerprint density at radius 2 is 2.09 bits per heavy atom. The number of fused-ring (bicyclic) bond motifs is 1. The fourth-order valence-corrected chi connectivity index (χ4v) is 2.16. The van der Waals surface area contributed by atoms with Crippen molar-refractivity contribution in [2.75, 3.05) is 12.5 Å². The van der Waals surface area contributed by atoms with Gasteiger partial charge in [0.1, 0.15) is 12.1 Å². The molecule has 1 aromatic heterocycles. The first-order chi connectivity index (χ1) is 10.8. The van der Waals surface area contributed by atoms with E-state index in [0.29, 0.717) is 6.54 Å². The summed E-state index contributed by atoms with van der Waals surface area (Å²) in [5, 5.41) is 2.80. The topological polar surface area (TPSA) is 68.2 Å². The summed E-state index contributed by atoms with van der Waals surface area (Å²) in [6, 6.07) is 14.8. The van der Waals surface area contributed by atoms with Crippen molar-refractivity contribution >= 4 is 17.1 Å². The zero-order chi connectivity index (χ0) is 15.4. The van der Waals surface area contributed by atoms with Gasteiger partial charge in [-0.15, -0.1) is 0 Å². The van der Waals surface area contributed by atoms with Crippen LogP contribution in [0.25, 0.3) is 11.0 Å². The van der Waals surface area contributed by atoms with Gasteiger partial charge in [0.2, 0.25) is 0 Å². The summed E-state index contributed by atoms with van der Waals surface area (Å²) in [6.07, 6.45) is 1.58. The van der Waals surface area contributed by atoms with Gasteiger partial charge in [-0.25, -0.2) is 19.9 Å². The number of imidazole rings is 1. The van der Waals surface area contributed by atoms with Crippen molar-refractivity contribution in [2.45, 2.75) is 6.54 Å². The quantitative estimate of drug-likeness (QED) is 0.777. The molecule has 2 aromatic carbocycles. The lowest BCUT2D eigenvalue weighted by Gasteiger charge is -2.09. The Balaban J connectivity index is 1.63. The molecule has 0 saturated heterocycles. The van der Waals surface area contributed by atoms with Crippen molar-refractivity contribution in [3.63, 3.8) is 0 Å². The molecular formula is C16H16N4O2. The zero-order valence-corrected chi connectivity index (χ0v) is 12.1. The minimum Gasteiger partial charge on any atom is -0.497 e. The molecule has 112 valence electrons. The van der Waals surface area contributed by atoms with Gasteiger partial charge in [0.15, 0.2) is 0 Å². The minimum atomic E-state index is -0.300. The second kappa shape index (κ2) is 6.17. The average Bonchev–Trinajstić information content (AvgIpc) is 2.96. The standard InChI is InChI=1S/C16H16N4O2/c1-22-13-6-4-5-12(9-13)10-17-16(21)19-20-11-18-14-7-2-3-8-15(14)20/h2-9,11H,10H2,1H3,(H2,17,19,21). The van der Waals surface area contributed by atoms with E-state index in [-0.39, 0.29) is 6.03 Å². The number of nitrogens with one attached hydrogen (secondary N) is 2. The largest absolute Gasteiger partial charge is 0.497 e. The number of hydrogen-bond donors (Lipinski definition) is 2. The van der Waals surface area contributed by atoms with Gasteiger partial charge in [-0.05, 0) is 29.8 Å². The molecule has 0 aliphatic rings. The van der Waals surface area contributed by atoms with E-state index in [9.17, 15) is 4.79 Å². The predicted molar refractivity (Wildman–Crippen MR) is 84.3 cm³/mol.